The highest BCUT2D eigenvalue weighted by Crippen LogP contribution is 2.19. The van der Waals surface area contributed by atoms with Crippen molar-refractivity contribution in [3.05, 3.63) is 12.2 Å². The number of aliphatic carboxylic acids is 3. The van der Waals surface area contributed by atoms with Crippen molar-refractivity contribution >= 4 is 17.9 Å². The van der Waals surface area contributed by atoms with Crippen molar-refractivity contribution in [3.63, 3.8) is 0 Å². The van der Waals surface area contributed by atoms with Crippen molar-refractivity contribution in [2.24, 2.45) is 0 Å². The van der Waals surface area contributed by atoms with Gasteiger partial charge in [0, 0.05) is 19.3 Å². The number of quaternary nitrogens is 1. The zero-order valence-electron chi connectivity index (χ0n) is 27.2. The van der Waals surface area contributed by atoms with E-state index in [1.807, 2.05) is 0 Å². The lowest BCUT2D eigenvalue weighted by Gasteiger charge is -2.39. The van der Waals surface area contributed by atoms with Gasteiger partial charge in [-0.2, -0.15) is 0 Å². The lowest BCUT2D eigenvalue weighted by atomic mass is 10.0. The van der Waals surface area contributed by atoms with Gasteiger partial charge in [0.2, 0.25) is 0 Å². The quantitative estimate of drug-likeness (QED) is 0.0395. The highest BCUT2D eigenvalue weighted by molar-refractivity contribution is 5.67. The molecule has 0 aliphatic rings. The van der Waals surface area contributed by atoms with Crippen molar-refractivity contribution in [2.45, 2.75) is 167 Å². The van der Waals surface area contributed by atoms with E-state index in [0.717, 1.165) is 19.4 Å². The molecular formula is C35H66NO6+. The first-order valence-corrected chi connectivity index (χ1v) is 17.5. The Morgan fingerprint density at radius 3 is 1.05 bits per heavy atom. The molecule has 0 rings (SSSR count). The molecule has 0 saturated carbocycles. The number of allylic oxidation sites excluding steroid dienone is 2. The van der Waals surface area contributed by atoms with Crippen LogP contribution in [-0.2, 0) is 14.4 Å². The average Bonchev–Trinajstić information content (AvgIpc) is 2.93. The molecule has 0 fully saturated rings. The van der Waals surface area contributed by atoms with Gasteiger partial charge in [0.25, 0.3) is 0 Å². The smallest absolute Gasteiger partial charge is 0.303 e. The van der Waals surface area contributed by atoms with Crippen LogP contribution in [0, 0.1) is 0 Å². The molecule has 0 unspecified atom stereocenters. The second-order valence-electron chi connectivity index (χ2n) is 12.4. The molecule has 0 saturated heterocycles. The average molecular weight is 597 g/mol. The highest BCUT2D eigenvalue weighted by atomic mass is 16.4. The number of hydrogen-bond acceptors (Lipinski definition) is 3. The van der Waals surface area contributed by atoms with Gasteiger partial charge in [-0.15, -0.1) is 0 Å². The molecule has 0 aromatic heterocycles. The van der Waals surface area contributed by atoms with Crippen LogP contribution in [0.3, 0.4) is 0 Å². The van der Waals surface area contributed by atoms with Crippen molar-refractivity contribution in [2.75, 3.05) is 26.2 Å². The highest BCUT2D eigenvalue weighted by Gasteiger charge is 2.27. The van der Waals surface area contributed by atoms with E-state index in [4.69, 9.17) is 15.3 Å². The fourth-order valence-corrected chi connectivity index (χ4v) is 5.95. The summed E-state index contributed by atoms with van der Waals surface area (Å²) >= 11 is 0. The van der Waals surface area contributed by atoms with Crippen LogP contribution in [-0.4, -0.2) is 63.9 Å². The molecule has 0 spiro atoms. The van der Waals surface area contributed by atoms with Crippen molar-refractivity contribution in [1.29, 1.82) is 0 Å². The van der Waals surface area contributed by atoms with E-state index in [2.05, 4.69) is 19.1 Å². The second-order valence-corrected chi connectivity index (χ2v) is 12.4. The summed E-state index contributed by atoms with van der Waals surface area (Å²) in [5.41, 5.74) is 0. The van der Waals surface area contributed by atoms with Crippen LogP contribution in [0.15, 0.2) is 12.2 Å². The number of carbonyl (C=O) groups is 3. The molecule has 0 heterocycles. The normalized spacial score (nSPS) is 11.8. The summed E-state index contributed by atoms with van der Waals surface area (Å²) in [7, 11) is 0. The predicted molar refractivity (Wildman–Crippen MR) is 173 cm³/mol. The van der Waals surface area contributed by atoms with E-state index in [1.54, 1.807) is 0 Å². The van der Waals surface area contributed by atoms with Crippen LogP contribution < -0.4 is 0 Å². The summed E-state index contributed by atoms with van der Waals surface area (Å²) in [6.07, 6.45) is 31.1. The van der Waals surface area contributed by atoms with Gasteiger partial charge in [-0.05, 0) is 38.5 Å². The maximum Gasteiger partial charge on any atom is 0.303 e. The van der Waals surface area contributed by atoms with E-state index in [0.29, 0.717) is 43.4 Å². The topological polar surface area (TPSA) is 112 Å². The molecule has 0 aromatic carbocycles. The molecule has 0 bridgehead atoms. The van der Waals surface area contributed by atoms with Gasteiger partial charge in [-0.25, -0.2) is 0 Å². The van der Waals surface area contributed by atoms with Crippen LogP contribution in [0.5, 0.6) is 0 Å². The molecule has 0 atom stereocenters. The lowest BCUT2D eigenvalue weighted by molar-refractivity contribution is -0.929. The molecule has 246 valence electrons. The maximum absolute atomic E-state index is 11.1. The van der Waals surface area contributed by atoms with Gasteiger partial charge in [-0.1, -0.05) is 103 Å². The molecule has 0 aromatic rings. The van der Waals surface area contributed by atoms with E-state index in [-0.39, 0.29) is 19.3 Å². The summed E-state index contributed by atoms with van der Waals surface area (Å²) in [4.78, 5) is 33.2. The molecular weight excluding hydrogens is 530 g/mol. The maximum atomic E-state index is 11.1. The summed E-state index contributed by atoms with van der Waals surface area (Å²) in [6, 6.07) is 0. The van der Waals surface area contributed by atoms with Gasteiger partial charge in [0.15, 0.2) is 0 Å². The zero-order chi connectivity index (χ0) is 31.2. The standard InChI is InChI=1S/C35H65NO6/c1-2-3-4-5-6-7-8-9-10-11-12-13-14-15-16-17-18-19-20-21-22-29-36(30-23-26-33(37)38,31-24-27-34(39)40)32-25-28-35(41)42/h6-7H,2-5,8-32H2,1H3,(H2-,37,38,39,40,41,42)/p+1/b7-6+. The number of unbranched alkanes of at least 4 members (excludes halogenated alkanes) is 17. The first-order chi connectivity index (χ1) is 20.3. The molecule has 0 aliphatic heterocycles. The van der Waals surface area contributed by atoms with Crippen LogP contribution in [0.2, 0.25) is 0 Å². The molecule has 0 aliphatic carbocycles. The summed E-state index contributed by atoms with van der Waals surface area (Å²) < 4.78 is 0.643. The van der Waals surface area contributed by atoms with Crippen LogP contribution in [0.25, 0.3) is 0 Å². The van der Waals surface area contributed by atoms with Gasteiger partial charge in [-0.3, -0.25) is 14.4 Å². The molecule has 7 heteroatoms. The number of hydrogen-bond donors (Lipinski definition) is 3. The Balaban J connectivity index is 4.02. The molecule has 3 N–H and O–H groups in total. The van der Waals surface area contributed by atoms with E-state index in [9.17, 15) is 14.4 Å². The minimum absolute atomic E-state index is 0.0922. The largest absolute Gasteiger partial charge is 0.481 e. The van der Waals surface area contributed by atoms with E-state index >= 15 is 0 Å². The van der Waals surface area contributed by atoms with Crippen LogP contribution in [0.1, 0.15) is 167 Å². The third-order valence-electron chi connectivity index (χ3n) is 8.46. The van der Waals surface area contributed by atoms with Gasteiger partial charge in [0.1, 0.15) is 0 Å². The number of carboxylic acid groups (broad SMARTS) is 3. The fourth-order valence-electron chi connectivity index (χ4n) is 5.95. The minimum atomic E-state index is -0.823. The zero-order valence-corrected chi connectivity index (χ0v) is 27.2. The second kappa shape index (κ2) is 29.2. The third kappa shape index (κ3) is 28.2. The Labute approximate surface area is 257 Å². The molecule has 0 radical (unpaired) electrons. The van der Waals surface area contributed by atoms with E-state index in [1.165, 1.54) is 109 Å². The Morgan fingerprint density at radius 1 is 0.429 bits per heavy atom. The summed E-state index contributed by atoms with van der Waals surface area (Å²) in [5.74, 6) is -2.47. The van der Waals surface area contributed by atoms with Crippen molar-refractivity contribution in [1.82, 2.24) is 0 Å². The Hall–Kier alpha value is -1.89. The first kappa shape index (κ1) is 40.1. The Kier molecular flexibility index (Phi) is 27.9. The molecule has 0 amide bonds. The SMILES string of the molecule is CCCCC/C=C/CCCCCCCCCCCCCCCC[N+](CCCC(=O)O)(CCCC(=O)O)CCCC(=O)O. The predicted octanol–water partition coefficient (Wildman–Crippen LogP) is 9.39. The van der Waals surface area contributed by atoms with E-state index < -0.39 is 17.9 Å². The van der Waals surface area contributed by atoms with Crippen LogP contribution >= 0.6 is 0 Å². The van der Waals surface area contributed by atoms with Crippen molar-refractivity contribution < 1.29 is 34.2 Å². The Bertz CT molecular complexity index is 643. The first-order valence-electron chi connectivity index (χ1n) is 17.5. The van der Waals surface area contributed by atoms with Gasteiger partial charge < -0.3 is 19.8 Å². The summed E-state index contributed by atoms with van der Waals surface area (Å²) in [5, 5.41) is 27.3. The number of nitrogens with zero attached hydrogens (tertiary/aromatic N) is 1. The molecule has 42 heavy (non-hydrogen) atoms. The summed E-state index contributed by atoms with van der Waals surface area (Å²) in [6.45, 7) is 5.13. The lowest BCUT2D eigenvalue weighted by Crippen LogP contribution is -2.51. The number of carboxylic acids is 3. The van der Waals surface area contributed by atoms with Crippen molar-refractivity contribution in [3.8, 4) is 0 Å². The monoisotopic (exact) mass is 596 g/mol. The van der Waals surface area contributed by atoms with Crippen LogP contribution in [0.4, 0.5) is 0 Å². The Morgan fingerprint density at radius 2 is 0.714 bits per heavy atom. The third-order valence-corrected chi connectivity index (χ3v) is 8.46. The number of rotatable bonds is 33. The minimum Gasteiger partial charge on any atom is -0.481 e. The fraction of sp³-hybridized carbons (Fsp3) is 0.857. The van der Waals surface area contributed by atoms with Gasteiger partial charge in [0.05, 0.1) is 45.4 Å². The molecule has 7 nitrogen and oxygen atoms in total. The van der Waals surface area contributed by atoms with Gasteiger partial charge >= 0.3 is 17.9 Å².